The molecule has 4 aromatic rings. The Bertz CT molecular complexity index is 1800. The van der Waals surface area contributed by atoms with Crippen molar-refractivity contribution in [2.75, 3.05) is 23.9 Å². The molecule has 3 amide bonds. The van der Waals surface area contributed by atoms with Crippen molar-refractivity contribution in [2.24, 2.45) is 21.6 Å². The second kappa shape index (κ2) is 14.8. The molecule has 4 aromatic carbocycles. The highest BCUT2D eigenvalue weighted by Gasteiger charge is 2.32. The number of nitrogens with zero attached hydrogens (tertiary/aromatic N) is 4. The van der Waals surface area contributed by atoms with Crippen LogP contribution in [0.5, 0.6) is 0 Å². The van der Waals surface area contributed by atoms with Crippen molar-refractivity contribution in [1.82, 2.24) is 5.32 Å². The van der Waals surface area contributed by atoms with Crippen LogP contribution in [-0.4, -0.2) is 55.6 Å². The predicted octanol–water partition coefficient (Wildman–Crippen LogP) is 5.16. The molecule has 2 aliphatic rings. The average molecular weight is 629 g/mol. The van der Waals surface area contributed by atoms with Crippen molar-refractivity contribution in [3.05, 3.63) is 131 Å². The molecule has 0 spiro atoms. The highest BCUT2D eigenvalue weighted by molar-refractivity contribution is 6.21. The van der Waals surface area contributed by atoms with E-state index in [0.29, 0.717) is 5.71 Å². The van der Waals surface area contributed by atoms with E-state index in [0.717, 1.165) is 52.2 Å². The quantitative estimate of drug-likeness (QED) is 0.306. The number of hydrogen-bond acceptors (Lipinski definition) is 6. The van der Waals surface area contributed by atoms with E-state index in [1.165, 1.54) is 0 Å². The van der Waals surface area contributed by atoms with E-state index in [9.17, 15) is 14.4 Å². The summed E-state index contributed by atoms with van der Waals surface area (Å²) in [5.74, 6) is -0.756. The highest BCUT2D eigenvalue weighted by atomic mass is 16.2. The van der Waals surface area contributed by atoms with Gasteiger partial charge in [-0.15, -0.1) is 0 Å². The fourth-order valence-electron chi connectivity index (χ4n) is 5.66. The van der Waals surface area contributed by atoms with E-state index in [1.807, 2.05) is 123 Å². The normalized spacial score (nSPS) is 17.9. The molecule has 0 saturated carbocycles. The number of benzodiazepines with no additional fused rings is 2. The molecule has 240 valence electrons. The molecule has 1 unspecified atom stereocenters. The van der Waals surface area contributed by atoms with Gasteiger partial charge >= 0.3 is 0 Å². The minimum Gasteiger partial charge on any atom is -0.326 e. The maximum atomic E-state index is 13.0. The number of nitrogens with two attached hydrogens (primary N) is 1. The van der Waals surface area contributed by atoms with E-state index in [1.54, 1.807) is 23.9 Å². The lowest BCUT2D eigenvalue weighted by molar-refractivity contribution is -0.129. The van der Waals surface area contributed by atoms with Crippen LogP contribution in [0.25, 0.3) is 0 Å². The molecule has 9 nitrogen and oxygen atoms in total. The number of para-hydroxylation sites is 2. The van der Waals surface area contributed by atoms with Gasteiger partial charge in [0.05, 0.1) is 22.8 Å². The number of carbonyl (C=O) groups excluding carboxylic acids is 3. The summed E-state index contributed by atoms with van der Waals surface area (Å²) in [5.41, 5.74) is 12.6. The lowest BCUT2D eigenvalue weighted by Crippen LogP contribution is -2.47. The van der Waals surface area contributed by atoms with Crippen LogP contribution in [0.1, 0.15) is 48.9 Å². The van der Waals surface area contributed by atoms with Gasteiger partial charge in [-0.05, 0) is 18.6 Å². The number of aliphatic imine (C=N–C) groups is 2. The Kier molecular flexibility index (Phi) is 10.4. The third-order valence-electron chi connectivity index (χ3n) is 8.26. The molecule has 3 atom stereocenters. The van der Waals surface area contributed by atoms with Gasteiger partial charge in [-0.2, -0.15) is 0 Å². The Hall–Kier alpha value is -5.41. The summed E-state index contributed by atoms with van der Waals surface area (Å²) in [7, 11) is 3.45. The molecule has 0 bridgehead atoms. The zero-order valence-electron chi connectivity index (χ0n) is 27.1. The van der Waals surface area contributed by atoms with Crippen molar-refractivity contribution in [3.63, 3.8) is 0 Å². The third-order valence-corrected chi connectivity index (χ3v) is 8.26. The lowest BCUT2D eigenvalue weighted by Gasteiger charge is -2.21. The molecule has 2 aliphatic heterocycles. The second-order valence-electron chi connectivity index (χ2n) is 11.6. The average Bonchev–Trinajstić information content (AvgIpc) is 3.27. The maximum absolute atomic E-state index is 13.0. The zero-order valence-corrected chi connectivity index (χ0v) is 27.1. The Labute approximate surface area is 275 Å². The Morgan fingerprint density at radius 1 is 0.723 bits per heavy atom. The van der Waals surface area contributed by atoms with Gasteiger partial charge < -0.3 is 20.9 Å². The molecular formula is C38H40N6O3. The summed E-state index contributed by atoms with van der Waals surface area (Å²) in [4.78, 5) is 50.0. The lowest BCUT2D eigenvalue weighted by atomic mass is 10.0. The van der Waals surface area contributed by atoms with Crippen LogP contribution < -0.4 is 20.9 Å². The zero-order chi connectivity index (χ0) is 33.5. The van der Waals surface area contributed by atoms with E-state index in [2.05, 4.69) is 10.3 Å². The van der Waals surface area contributed by atoms with E-state index >= 15 is 0 Å². The van der Waals surface area contributed by atoms with Crippen molar-refractivity contribution in [2.45, 2.75) is 39.0 Å². The van der Waals surface area contributed by atoms with E-state index < -0.39 is 12.3 Å². The summed E-state index contributed by atoms with van der Waals surface area (Å²) >= 11 is 0. The van der Waals surface area contributed by atoms with Crippen LogP contribution in [0.15, 0.2) is 119 Å². The van der Waals surface area contributed by atoms with Gasteiger partial charge in [-0.25, -0.2) is 4.99 Å². The number of fused-ring (bicyclic) bond motifs is 2. The summed E-state index contributed by atoms with van der Waals surface area (Å²) < 4.78 is 0. The summed E-state index contributed by atoms with van der Waals surface area (Å²) in [6.07, 6.45) is -0.123. The monoisotopic (exact) mass is 628 g/mol. The molecule has 0 fully saturated rings. The third kappa shape index (κ3) is 7.21. The SMILES string of the molecule is CCCC(C)C(=O)N[C@H]1N=C(c2ccccc2)c2ccccc2N(C)C1=O.CN1C(=O)[C@@H](N)N=C(c2ccccc2)c2ccccc21. The maximum Gasteiger partial charge on any atom is 0.272 e. The van der Waals surface area contributed by atoms with Crippen LogP contribution in [0.2, 0.25) is 0 Å². The number of carbonyl (C=O) groups is 3. The van der Waals surface area contributed by atoms with Crippen LogP contribution in [0, 0.1) is 5.92 Å². The number of rotatable bonds is 6. The minimum atomic E-state index is -0.940. The molecular weight excluding hydrogens is 588 g/mol. The Balaban J connectivity index is 0.000000193. The molecule has 9 heteroatoms. The van der Waals surface area contributed by atoms with E-state index in [-0.39, 0.29) is 23.6 Å². The van der Waals surface area contributed by atoms with Gasteiger partial charge in [0, 0.05) is 42.3 Å². The number of anilines is 2. The second-order valence-corrected chi connectivity index (χ2v) is 11.6. The van der Waals surface area contributed by atoms with Gasteiger partial charge in [-0.3, -0.25) is 19.4 Å². The number of amides is 3. The first-order chi connectivity index (χ1) is 22.7. The summed E-state index contributed by atoms with van der Waals surface area (Å²) in [5, 5.41) is 2.84. The molecule has 0 saturated heterocycles. The standard InChI is InChI=1S/C22H25N3O2.C16H15N3O/c1-4-10-15(2)21(26)24-20-22(27)25(3)18-14-9-8-13-17(18)19(23-20)16-11-6-5-7-12-16;1-19-13-10-6-5-9-12(13)14(18-15(17)16(19)20)11-7-3-2-4-8-11/h5-9,11-15,20H,4,10H2,1-3H3,(H,24,26);2-10,15H,17H2,1H3/t15?,20-;15-/m10/s1. The molecule has 0 aromatic heterocycles. The Morgan fingerprint density at radius 2 is 1.17 bits per heavy atom. The molecule has 6 rings (SSSR count). The van der Waals surface area contributed by atoms with Gasteiger partial charge in [0.25, 0.3) is 11.8 Å². The number of nitrogens with one attached hydrogen (secondary N) is 1. The van der Waals surface area contributed by atoms with Crippen LogP contribution in [0.3, 0.4) is 0 Å². The predicted molar refractivity (Wildman–Crippen MR) is 188 cm³/mol. The smallest absolute Gasteiger partial charge is 0.272 e. The van der Waals surface area contributed by atoms with Crippen molar-refractivity contribution in [3.8, 4) is 0 Å². The van der Waals surface area contributed by atoms with E-state index in [4.69, 9.17) is 10.7 Å². The molecule has 0 aliphatic carbocycles. The Morgan fingerprint density at radius 3 is 1.68 bits per heavy atom. The van der Waals surface area contributed by atoms with Crippen LogP contribution in [-0.2, 0) is 14.4 Å². The van der Waals surface area contributed by atoms with Crippen molar-refractivity contribution >= 4 is 40.5 Å². The number of benzene rings is 4. The van der Waals surface area contributed by atoms with Gasteiger partial charge in [0.1, 0.15) is 0 Å². The molecule has 2 heterocycles. The number of likely N-dealkylation sites (N-methyl/N-ethyl adjacent to an activating group) is 2. The highest BCUT2D eigenvalue weighted by Crippen LogP contribution is 2.28. The van der Waals surface area contributed by atoms with Crippen molar-refractivity contribution < 1.29 is 14.4 Å². The summed E-state index contributed by atoms with van der Waals surface area (Å²) in [6.45, 7) is 3.91. The molecule has 3 N–H and O–H groups in total. The van der Waals surface area contributed by atoms with Gasteiger partial charge in [-0.1, -0.05) is 117 Å². The molecule has 0 radical (unpaired) electrons. The van der Waals surface area contributed by atoms with Crippen LogP contribution in [0.4, 0.5) is 11.4 Å². The molecule has 47 heavy (non-hydrogen) atoms. The first-order valence-electron chi connectivity index (χ1n) is 15.8. The fourth-order valence-corrected chi connectivity index (χ4v) is 5.66. The fraction of sp³-hybridized carbons (Fsp3) is 0.237. The van der Waals surface area contributed by atoms with Crippen molar-refractivity contribution in [1.29, 1.82) is 0 Å². The number of hydrogen-bond donors (Lipinski definition) is 2. The topological polar surface area (TPSA) is 120 Å². The van der Waals surface area contributed by atoms with Crippen LogP contribution >= 0.6 is 0 Å². The minimum absolute atomic E-state index is 0.147. The first kappa shape index (κ1) is 33.0. The first-order valence-corrected chi connectivity index (χ1v) is 15.8. The van der Waals surface area contributed by atoms with Gasteiger partial charge in [0.15, 0.2) is 6.17 Å². The largest absolute Gasteiger partial charge is 0.326 e. The van der Waals surface area contributed by atoms with Gasteiger partial charge in [0.2, 0.25) is 12.1 Å². The summed E-state index contributed by atoms with van der Waals surface area (Å²) in [6, 6.07) is 34.9.